The molecule has 1 unspecified atom stereocenters. The zero-order chi connectivity index (χ0) is 12.5. The lowest BCUT2D eigenvalue weighted by atomic mass is 10.2. The number of halogens is 2. The second-order valence-corrected chi connectivity index (χ2v) is 3.95. The Morgan fingerprint density at radius 1 is 1.71 bits per heavy atom. The molecule has 0 saturated carbocycles. The Balaban J connectivity index is 1.82. The molecule has 0 bridgehead atoms. The molecule has 2 N–H and O–H groups in total. The van der Waals surface area contributed by atoms with Crippen LogP contribution in [0.3, 0.4) is 0 Å². The summed E-state index contributed by atoms with van der Waals surface area (Å²) in [6, 6.07) is -0.867. The first kappa shape index (κ1) is 11.9. The molecule has 1 aliphatic rings. The second-order valence-electron chi connectivity index (χ2n) is 3.95. The summed E-state index contributed by atoms with van der Waals surface area (Å²) in [6.07, 6.45) is -0.484. The first-order valence-corrected chi connectivity index (χ1v) is 5.14. The molecular formula is C9H12F2N4O2. The molecule has 1 atom stereocenters. The summed E-state index contributed by atoms with van der Waals surface area (Å²) in [6.45, 7) is 1.22. The van der Waals surface area contributed by atoms with Gasteiger partial charge in [0.2, 0.25) is 11.8 Å². The third-order valence-corrected chi connectivity index (χ3v) is 2.41. The predicted octanol–water partition coefficient (Wildman–Crippen LogP) is -0.00858. The number of carbonyl (C=O) groups excluding carboxylic acids is 1. The minimum Gasteiger partial charge on any atom is -0.346 e. The van der Waals surface area contributed by atoms with Gasteiger partial charge in [-0.3, -0.25) is 10.1 Å². The standard InChI is InChI=1S/C9H12F2N4O2/c1-5-14-7(17-15-5)3-12-8(16)6-2-9(10,11)4-13-6/h6,13H,2-4H2,1H3,(H,12,16). The monoisotopic (exact) mass is 246 g/mol. The number of amides is 1. The molecule has 0 aromatic carbocycles. The van der Waals surface area contributed by atoms with Crippen molar-refractivity contribution in [3.05, 3.63) is 11.7 Å². The fourth-order valence-electron chi connectivity index (χ4n) is 1.60. The predicted molar refractivity (Wildman–Crippen MR) is 52.2 cm³/mol. The maximum Gasteiger partial charge on any atom is 0.262 e. The minimum absolute atomic E-state index is 0.0451. The summed E-state index contributed by atoms with van der Waals surface area (Å²) in [5, 5.41) is 8.46. The smallest absolute Gasteiger partial charge is 0.262 e. The van der Waals surface area contributed by atoms with Crippen molar-refractivity contribution < 1.29 is 18.1 Å². The second kappa shape index (κ2) is 4.36. The number of hydrogen-bond acceptors (Lipinski definition) is 5. The molecule has 2 rings (SSSR count). The van der Waals surface area contributed by atoms with Gasteiger partial charge in [0.15, 0.2) is 5.82 Å². The highest BCUT2D eigenvalue weighted by atomic mass is 19.3. The summed E-state index contributed by atoms with van der Waals surface area (Å²) < 4.78 is 30.5. The van der Waals surface area contributed by atoms with Gasteiger partial charge in [0.25, 0.3) is 5.92 Å². The molecule has 1 aliphatic heterocycles. The molecule has 1 saturated heterocycles. The third-order valence-electron chi connectivity index (χ3n) is 2.41. The highest BCUT2D eigenvalue weighted by molar-refractivity contribution is 5.82. The van der Waals surface area contributed by atoms with Crippen molar-refractivity contribution in [3.63, 3.8) is 0 Å². The van der Waals surface area contributed by atoms with Crippen LogP contribution in [0, 0.1) is 6.92 Å². The van der Waals surface area contributed by atoms with Crippen molar-refractivity contribution in [2.45, 2.75) is 31.9 Å². The molecular weight excluding hydrogens is 234 g/mol. The molecule has 1 amide bonds. The minimum atomic E-state index is -2.82. The van der Waals surface area contributed by atoms with E-state index < -0.39 is 30.8 Å². The van der Waals surface area contributed by atoms with Gasteiger partial charge in [-0.05, 0) is 6.92 Å². The van der Waals surface area contributed by atoms with Crippen LogP contribution in [0.2, 0.25) is 0 Å². The maximum atomic E-state index is 12.8. The SMILES string of the molecule is Cc1noc(CNC(=O)C2CC(F)(F)CN2)n1. The van der Waals surface area contributed by atoms with E-state index in [-0.39, 0.29) is 12.4 Å². The van der Waals surface area contributed by atoms with Crippen LogP contribution in [0.5, 0.6) is 0 Å². The number of nitrogens with zero attached hydrogens (tertiary/aromatic N) is 2. The summed E-state index contributed by atoms with van der Waals surface area (Å²) in [5.74, 6) is -2.60. The van der Waals surface area contributed by atoms with E-state index in [9.17, 15) is 13.6 Å². The van der Waals surface area contributed by atoms with E-state index in [1.807, 2.05) is 0 Å². The van der Waals surface area contributed by atoms with E-state index >= 15 is 0 Å². The number of nitrogens with one attached hydrogen (secondary N) is 2. The Labute approximate surface area is 95.8 Å². The lowest BCUT2D eigenvalue weighted by Crippen LogP contribution is -2.40. The molecule has 1 fully saturated rings. The highest BCUT2D eigenvalue weighted by Gasteiger charge is 2.42. The van der Waals surface area contributed by atoms with Gasteiger partial charge in [-0.1, -0.05) is 5.16 Å². The fraction of sp³-hybridized carbons (Fsp3) is 0.667. The van der Waals surface area contributed by atoms with E-state index in [1.54, 1.807) is 6.92 Å². The molecule has 1 aromatic heterocycles. The van der Waals surface area contributed by atoms with Crippen LogP contribution in [-0.2, 0) is 11.3 Å². The summed E-state index contributed by atoms with van der Waals surface area (Å²) in [5.41, 5.74) is 0. The van der Waals surface area contributed by atoms with E-state index in [0.29, 0.717) is 5.82 Å². The van der Waals surface area contributed by atoms with Crippen LogP contribution >= 0.6 is 0 Å². The molecule has 0 radical (unpaired) electrons. The summed E-state index contributed by atoms with van der Waals surface area (Å²) in [7, 11) is 0. The molecule has 0 spiro atoms. The van der Waals surface area contributed by atoms with Crippen molar-refractivity contribution in [1.82, 2.24) is 20.8 Å². The molecule has 94 valence electrons. The number of alkyl halides is 2. The zero-order valence-corrected chi connectivity index (χ0v) is 9.17. The fourth-order valence-corrected chi connectivity index (χ4v) is 1.60. The van der Waals surface area contributed by atoms with Gasteiger partial charge < -0.3 is 9.84 Å². The molecule has 0 aliphatic carbocycles. The van der Waals surface area contributed by atoms with Crippen molar-refractivity contribution in [2.75, 3.05) is 6.54 Å². The Hall–Kier alpha value is -1.57. The number of aromatic nitrogens is 2. The van der Waals surface area contributed by atoms with Crippen molar-refractivity contribution >= 4 is 5.91 Å². The van der Waals surface area contributed by atoms with Crippen LogP contribution in [0.25, 0.3) is 0 Å². The normalized spacial score (nSPS) is 22.6. The summed E-state index contributed by atoms with van der Waals surface area (Å²) in [4.78, 5) is 15.4. The average molecular weight is 246 g/mol. The van der Waals surface area contributed by atoms with E-state index in [0.717, 1.165) is 0 Å². The first-order chi connectivity index (χ1) is 7.96. The van der Waals surface area contributed by atoms with Crippen LogP contribution in [-0.4, -0.2) is 34.6 Å². The topological polar surface area (TPSA) is 80.0 Å². The van der Waals surface area contributed by atoms with E-state index in [4.69, 9.17) is 4.52 Å². The first-order valence-electron chi connectivity index (χ1n) is 5.14. The van der Waals surface area contributed by atoms with Gasteiger partial charge in [-0.25, -0.2) is 8.78 Å². The Kier molecular flexibility index (Phi) is 3.05. The zero-order valence-electron chi connectivity index (χ0n) is 9.17. The number of hydrogen-bond donors (Lipinski definition) is 2. The van der Waals surface area contributed by atoms with Gasteiger partial charge in [-0.15, -0.1) is 0 Å². The Bertz CT molecular complexity index is 421. The van der Waals surface area contributed by atoms with Crippen LogP contribution in [0.1, 0.15) is 18.1 Å². The lowest BCUT2D eigenvalue weighted by molar-refractivity contribution is -0.123. The maximum absolute atomic E-state index is 12.8. The van der Waals surface area contributed by atoms with Gasteiger partial charge >= 0.3 is 0 Å². The number of aryl methyl sites for hydroxylation is 1. The van der Waals surface area contributed by atoms with Gasteiger partial charge in [0, 0.05) is 6.42 Å². The van der Waals surface area contributed by atoms with Crippen molar-refractivity contribution in [1.29, 1.82) is 0 Å². The Morgan fingerprint density at radius 3 is 3.00 bits per heavy atom. The van der Waals surface area contributed by atoms with Crippen molar-refractivity contribution in [2.24, 2.45) is 0 Å². The van der Waals surface area contributed by atoms with Crippen LogP contribution in [0.4, 0.5) is 8.78 Å². The molecule has 2 heterocycles. The van der Waals surface area contributed by atoms with E-state index in [2.05, 4.69) is 20.8 Å². The quantitative estimate of drug-likeness (QED) is 0.784. The summed E-state index contributed by atoms with van der Waals surface area (Å²) >= 11 is 0. The highest BCUT2D eigenvalue weighted by Crippen LogP contribution is 2.24. The average Bonchev–Trinajstić information content (AvgIpc) is 2.81. The number of rotatable bonds is 3. The number of carbonyl (C=O) groups is 1. The molecule has 6 nitrogen and oxygen atoms in total. The van der Waals surface area contributed by atoms with Crippen LogP contribution < -0.4 is 10.6 Å². The third kappa shape index (κ3) is 2.96. The lowest BCUT2D eigenvalue weighted by Gasteiger charge is -2.09. The molecule has 17 heavy (non-hydrogen) atoms. The molecule has 1 aromatic rings. The Morgan fingerprint density at radius 2 is 2.47 bits per heavy atom. The largest absolute Gasteiger partial charge is 0.346 e. The van der Waals surface area contributed by atoms with Crippen LogP contribution in [0.15, 0.2) is 4.52 Å². The van der Waals surface area contributed by atoms with Gasteiger partial charge in [0.1, 0.15) is 0 Å². The molecule has 8 heteroatoms. The van der Waals surface area contributed by atoms with Gasteiger partial charge in [-0.2, -0.15) is 4.98 Å². The van der Waals surface area contributed by atoms with Crippen molar-refractivity contribution in [3.8, 4) is 0 Å². The van der Waals surface area contributed by atoms with Gasteiger partial charge in [0.05, 0.1) is 19.1 Å². The van der Waals surface area contributed by atoms with E-state index in [1.165, 1.54) is 0 Å².